The first kappa shape index (κ1) is 13.3. The number of hydrogen-bond acceptors (Lipinski definition) is 3. The molecule has 98 valence electrons. The largest absolute Gasteiger partial charge is 0.334 e. The Morgan fingerprint density at radius 1 is 1.67 bits per heavy atom. The van der Waals surface area contributed by atoms with E-state index in [4.69, 9.17) is 11.6 Å². The molecule has 5 heteroatoms. The molecule has 0 bridgehead atoms. The van der Waals surface area contributed by atoms with E-state index in [-0.39, 0.29) is 11.9 Å². The summed E-state index contributed by atoms with van der Waals surface area (Å²) in [6.07, 6.45) is 5.08. The van der Waals surface area contributed by atoms with E-state index in [1.54, 1.807) is 12.3 Å². The van der Waals surface area contributed by atoms with Gasteiger partial charge in [-0.1, -0.05) is 18.5 Å². The molecule has 0 saturated carbocycles. The monoisotopic (exact) mass is 267 g/mol. The van der Waals surface area contributed by atoms with Gasteiger partial charge in [0.2, 0.25) is 0 Å². The first-order chi connectivity index (χ1) is 8.74. The normalized spacial score (nSPS) is 18.9. The maximum Gasteiger partial charge on any atom is 0.255 e. The van der Waals surface area contributed by atoms with Gasteiger partial charge in [0, 0.05) is 31.5 Å². The predicted octanol–water partition coefficient (Wildman–Crippen LogP) is 1.95. The number of hydrogen-bond donors (Lipinski definition) is 1. The Kier molecular flexibility index (Phi) is 4.55. The number of rotatable bonds is 4. The summed E-state index contributed by atoms with van der Waals surface area (Å²) in [5.41, 5.74) is 0.548. The van der Waals surface area contributed by atoms with Gasteiger partial charge in [0.25, 0.3) is 5.91 Å². The third kappa shape index (κ3) is 2.82. The average Bonchev–Trinajstić information content (AvgIpc) is 2.89. The molecule has 1 aliphatic heterocycles. The van der Waals surface area contributed by atoms with Crippen molar-refractivity contribution in [2.75, 3.05) is 19.6 Å². The zero-order chi connectivity index (χ0) is 13.0. The Hall–Kier alpha value is -1.13. The van der Waals surface area contributed by atoms with Crippen LogP contribution in [0.1, 0.15) is 30.1 Å². The third-order valence-corrected chi connectivity index (χ3v) is 3.50. The zero-order valence-corrected chi connectivity index (χ0v) is 11.3. The van der Waals surface area contributed by atoms with Crippen LogP contribution in [0.15, 0.2) is 18.5 Å². The van der Waals surface area contributed by atoms with E-state index in [9.17, 15) is 4.79 Å². The fourth-order valence-electron chi connectivity index (χ4n) is 2.30. The molecular formula is C13H18ClN3O. The van der Waals surface area contributed by atoms with Crippen LogP contribution in [0.2, 0.25) is 5.02 Å². The highest BCUT2D eigenvalue weighted by molar-refractivity contribution is 6.33. The van der Waals surface area contributed by atoms with E-state index in [2.05, 4.69) is 17.2 Å². The topological polar surface area (TPSA) is 45.2 Å². The Balaban J connectivity index is 2.20. The van der Waals surface area contributed by atoms with E-state index < -0.39 is 0 Å². The average molecular weight is 268 g/mol. The van der Waals surface area contributed by atoms with Crippen molar-refractivity contribution in [2.45, 2.75) is 25.8 Å². The van der Waals surface area contributed by atoms with Crippen LogP contribution in [-0.2, 0) is 0 Å². The van der Waals surface area contributed by atoms with E-state index in [0.29, 0.717) is 10.6 Å². The standard InChI is InChI=1S/C13H18ClN3O/c1-2-7-17(10-3-5-15-8-10)13(18)11-4-6-16-9-12(11)14/h4,6,9-10,15H,2-3,5,7-8H2,1H3. The Morgan fingerprint density at radius 3 is 3.11 bits per heavy atom. The molecule has 1 fully saturated rings. The van der Waals surface area contributed by atoms with Gasteiger partial charge in [-0.25, -0.2) is 0 Å². The van der Waals surface area contributed by atoms with Crippen molar-refractivity contribution < 1.29 is 4.79 Å². The number of aromatic nitrogens is 1. The van der Waals surface area contributed by atoms with Crippen LogP contribution >= 0.6 is 11.6 Å². The van der Waals surface area contributed by atoms with Gasteiger partial charge in [0.15, 0.2) is 0 Å². The van der Waals surface area contributed by atoms with Crippen LogP contribution in [0.4, 0.5) is 0 Å². The fourth-order valence-corrected chi connectivity index (χ4v) is 2.50. The first-order valence-electron chi connectivity index (χ1n) is 6.35. The smallest absolute Gasteiger partial charge is 0.255 e. The summed E-state index contributed by atoms with van der Waals surface area (Å²) in [5, 5.41) is 3.72. The number of nitrogens with one attached hydrogen (secondary N) is 1. The Morgan fingerprint density at radius 2 is 2.50 bits per heavy atom. The molecule has 1 unspecified atom stereocenters. The molecule has 0 radical (unpaired) electrons. The maximum atomic E-state index is 12.5. The van der Waals surface area contributed by atoms with Gasteiger partial charge >= 0.3 is 0 Å². The maximum absolute atomic E-state index is 12.5. The van der Waals surface area contributed by atoms with Crippen LogP contribution < -0.4 is 5.32 Å². The molecule has 1 aromatic rings. The van der Waals surface area contributed by atoms with Gasteiger partial charge in [-0.2, -0.15) is 0 Å². The lowest BCUT2D eigenvalue weighted by Crippen LogP contribution is -2.42. The molecule has 0 spiro atoms. The summed E-state index contributed by atoms with van der Waals surface area (Å²) in [7, 11) is 0. The lowest BCUT2D eigenvalue weighted by Gasteiger charge is -2.28. The number of amides is 1. The van der Waals surface area contributed by atoms with Crippen molar-refractivity contribution in [1.29, 1.82) is 0 Å². The number of carbonyl (C=O) groups is 1. The highest BCUT2D eigenvalue weighted by Gasteiger charge is 2.27. The van der Waals surface area contributed by atoms with Crippen molar-refractivity contribution in [2.24, 2.45) is 0 Å². The van der Waals surface area contributed by atoms with Crippen LogP contribution in [0.5, 0.6) is 0 Å². The number of pyridine rings is 1. The molecule has 2 rings (SSSR count). The second kappa shape index (κ2) is 6.16. The Bertz CT molecular complexity index is 418. The molecule has 1 aliphatic rings. The first-order valence-corrected chi connectivity index (χ1v) is 6.73. The highest BCUT2D eigenvalue weighted by atomic mass is 35.5. The zero-order valence-electron chi connectivity index (χ0n) is 10.5. The summed E-state index contributed by atoms with van der Waals surface area (Å²) in [4.78, 5) is 18.4. The summed E-state index contributed by atoms with van der Waals surface area (Å²) < 4.78 is 0. The van der Waals surface area contributed by atoms with E-state index in [1.807, 2.05) is 4.90 Å². The van der Waals surface area contributed by atoms with Crippen LogP contribution in [-0.4, -0.2) is 41.5 Å². The molecule has 4 nitrogen and oxygen atoms in total. The number of halogens is 1. The lowest BCUT2D eigenvalue weighted by atomic mass is 10.1. The van der Waals surface area contributed by atoms with Gasteiger partial charge in [-0.3, -0.25) is 9.78 Å². The quantitative estimate of drug-likeness (QED) is 0.907. The minimum atomic E-state index is 0.0120. The molecule has 1 aromatic heterocycles. The summed E-state index contributed by atoms with van der Waals surface area (Å²) in [5.74, 6) is 0.0120. The van der Waals surface area contributed by atoms with E-state index >= 15 is 0 Å². The van der Waals surface area contributed by atoms with E-state index in [1.165, 1.54) is 6.20 Å². The van der Waals surface area contributed by atoms with Gasteiger partial charge in [0.1, 0.15) is 0 Å². The summed E-state index contributed by atoms with van der Waals surface area (Å²) >= 11 is 6.04. The number of nitrogens with zero attached hydrogens (tertiary/aromatic N) is 2. The van der Waals surface area contributed by atoms with Crippen molar-refractivity contribution in [3.05, 3.63) is 29.0 Å². The van der Waals surface area contributed by atoms with Crippen LogP contribution in [0.3, 0.4) is 0 Å². The highest BCUT2D eigenvalue weighted by Crippen LogP contribution is 2.19. The molecule has 2 heterocycles. The fraction of sp³-hybridized carbons (Fsp3) is 0.538. The van der Waals surface area contributed by atoms with Crippen molar-refractivity contribution in [3.63, 3.8) is 0 Å². The predicted molar refractivity (Wildman–Crippen MR) is 71.8 cm³/mol. The third-order valence-electron chi connectivity index (χ3n) is 3.20. The lowest BCUT2D eigenvalue weighted by molar-refractivity contribution is 0.0692. The van der Waals surface area contributed by atoms with Crippen LogP contribution in [0.25, 0.3) is 0 Å². The second-order valence-corrected chi connectivity index (χ2v) is 4.91. The molecular weight excluding hydrogens is 250 g/mol. The van der Waals surface area contributed by atoms with E-state index in [0.717, 1.165) is 32.5 Å². The molecule has 18 heavy (non-hydrogen) atoms. The summed E-state index contributed by atoms with van der Waals surface area (Å²) in [6, 6.07) is 1.97. The molecule has 1 saturated heterocycles. The Labute approximate surface area is 112 Å². The molecule has 1 amide bonds. The van der Waals surface area contributed by atoms with Crippen LogP contribution in [0, 0.1) is 0 Å². The minimum absolute atomic E-state index is 0.0120. The van der Waals surface area contributed by atoms with Gasteiger partial charge in [-0.05, 0) is 25.5 Å². The molecule has 0 aliphatic carbocycles. The molecule has 0 aromatic carbocycles. The van der Waals surface area contributed by atoms with Crippen molar-refractivity contribution in [1.82, 2.24) is 15.2 Å². The van der Waals surface area contributed by atoms with Crippen molar-refractivity contribution >= 4 is 17.5 Å². The molecule has 1 atom stereocenters. The van der Waals surface area contributed by atoms with Gasteiger partial charge in [-0.15, -0.1) is 0 Å². The minimum Gasteiger partial charge on any atom is -0.334 e. The van der Waals surface area contributed by atoms with Gasteiger partial charge in [0.05, 0.1) is 10.6 Å². The SMILES string of the molecule is CCCN(C(=O)c1ccncc1Cl)C1CCNC1. The molecule has 1 N–H and O–H groups in total. The number of carbonyl (C=O) groups excluding carboxylic acids is 1. The van der Waals surface area contributed by atoms with Crippen molar-refractivity contribution in [3.8, 4) is 0 Å². The second-order valence-electron chi connectivity index (χ2n) is 4.50. The summed E-state index contributed by atoms with van der Waals surface area (Å²) in [6.45, 7) is 4.69. The van der Waals surface area contributed by atoms with Gasteiger partial charge < -0.3 is 10.2 Å².